The highest BCUT2D eigenvalue weighted by atomic mass is 32.2. The lowest BCUT2D eigenvalue weighted by Crippen LogP contribution is -2.34. The summed E-state index contributed by atoms with van der Waals surface area (Å²) in [7, 11) is 1.57. The molecule has 3 rings (SSSR count). The number of hydrogen-bond acceptors (Lipinski definition) is 5. The van der Waals surface area contributed by atoms with E-state index in [4.69, 9.17) is 4.74 Å². The van der Waals surface area contributed by atoms with Crippen LogP contribution >= 0.6 is 11.8 Å². The number of hydrogen-bond donors (Lipinski definition) is 1. The van der Waals surface area contributed by atoms with Gasteiger partial charge < -0.3 is 10.1 Å². The molecular weight excluding hydrogens is 319 g/mol. The minimum atomic E-state index is -0.721. The number of carbonyl (C=O) groups is 2. The topological polar surface area (TPSA) is 58.6 Å². The van der Waals surface area contributed by atoms with Crippen molar-refractivity contribution >= 4 is 34.3 Å². The Morgan fingerprint density at radius 2 is 1.74 bits per heavy atom. The van der Waals surface area contributed by atoms with Gasteiger partial charge in [-0.3, -0.25) is 9.59 Å². The van der Waals surface area contributed by atoms with Gasteiger partial charge in [0.1, 0.15) is 11.6 Å². The maximum atomic E-state index is 13.0. The summed E-state index contributed by atoms with van der Waals surface area (Å²) in [6.07, 6.45) is 0. The largest absolute Gasteiger partial charge is 0.497 e. The Morgan fingerprint density at radius 1 is 1.09 bits per heavy atom. The molecule has 1 heterocycles. The zero-order valence-corrected chi connectivity index (χ0v) is 13.0. The number of rotatable bonds is 4. The lowest BCUT2D eigenvalue weighted by molar-refractivity contribution is -0.116. The maximum Gasteiger partial charge on any atom is 0.295 e. The molecule has 1 aliphatic rings. The van der Waals surface area contributed by atoms with E-state index in [0.717, 1.165) is 16.7 Å². The third-order valence-electron chi connectivity index (χ3n) is 3.32. The Kier molecular flexibility index (Phi) is 4.20. The molecule has 0 aromatic heterocycles. The predicted octanol–water partition coefficient (Wildman–Crippen LogP) is 3.47. The number of ether oxygens (including phenoxy) is 1. The molecule has 1 aliphatic heterocycles. The summed E-state index contributed by atoms with van der Waals surface area (Å²) >= 11 is 0.887. The van der Waals surface area contributed by atoms with Crippen LogP contribution in [-0.4, -0.2) is 23.6 Å². The van der Waals surface area contributed by atoms with E-state index < -0.39 is 16.4 Å². The fourth-order valence-corrected chi connectivity index (χ4v) is 3.07. The van der Waals surface area contributed by atoms with Crippen LogP contribution in [0.3, 0.4) is 0 Å². The van der Waals surface area contributed by atoms with E-state index in [1.165, 1.54) is 24.3 Å². The first kappa shape index (κ1) is 15.4. The molecule has 0 unspecified atom stereocenters. The smallest absolute Gasteiger partial charge is 0.295 e. The average Bonchev–Trinajstić information content (AvgIpc) is 2.83. The summed E-state index contributed by atoms with van der Waals surface area (Å²) in [5.74, 6) is -0.110. The molecule has 1 fully saturated rings. The highest BCUT2D eigenvalue weighted by Crippen LogP contribution is 2.32. The zero-order valence-electron chi connectivity index (χ0n) is 12.2. The number of methoxy groups -OCH3 is 1. The van der Waals surface area contributed by atoms with Gasteiger partial charge in [-0.2, -0.15) is 0 Å². The summed E-state index contributed by atoms with van der Waals surface area (Å²) in [4.78, 5) is 25.6. The van der Waals surface area contributed by atoms with Crippen LogP contribution in [0.5, 0.6) is 5.75 Å². The Labute approximate surface area is 136 Å². The summed E-state index contributed by atoms with van der Waals surface area (Å²) in [5.41, 5.74) is 1.05. The van der Waals surface area contributed by atoms with Gasteiger partial charge in [-0.05, 0) is 60.3 Å². The van der Waals surface area contributed by atoms with Crippen molar-refractivity contribution in [3.63, 3.8) is 0 Å². The SMILES string of the molecule is COc1ccc(N[C@H]2SC(=O)N(c3ccc(F)cc3)C2=O)cc1. The van der Waals surface area contributed by atoms with Gasteiger partial charge in [-0.15, -0.1) is 0 Å². The number of halogens is 1. The highest BCUT2D eigenvalue weighted by molar-refractivity contribution is 8.16. The van der Waals surface area contributed by atoms with Crippen molar-refractivity contribution in [2.45, 2.75) is 5.37 Å². The Bertz CT molecular complexity index is 734. The predicted molar refractivity (Wildman–Crippen MR) is 87.3 cm³/mol. The summed E-state index contributed by atoms with van der Waals surface area (Å²) in [6.45, 7) is 0. The van der Waals surface area contributed by atoms with E-state index in [2.05, 4.69) is 5.32 Å². The van der Waals surface area contributed by atoms with Crippen molar-refractivity contribution in [2.24, 2.45) is 0 Å². The molecule has 2 aromatic rings. The number of anilines is 2. The van der Waals surface area contributed by atoms with Crippen molar-refractivity contribution in [3.05, 3.63) is 54.3 Å². The highest BCUT2D eigenvalue weighted by Gasteiger charge is 2.40. The quantitative estimate of drug-likeness (QED) is 0.929. The molecule has 7 heteroatoms. The van der Waals surface area contributed by atoms with Crippen LogP contribution in [0, 0.1) is 5.82 Å². The zero-order chi connectivity index (χ0) is 16.4. The number of nitrogens with zero attached hydrogens (tertiary/aromatic N) is 1. The first-order valence-electron chi connectivity index (χ1n) is 6.79. The molecule has 2 amide bonds. The Morgan fingerprint density at radius 3 is 2.35 bits per heavy atom. The van der Waals surface area contributed by atoms with Crippen molar-refractivity contribution in [3.8, 4) is 5.75 Å². The number of nitrogens with one attached hydrogen (secondary N) is 1. The molecule has 0 spiro atoms. The maximum absolute atomic E-state index is 13.0. The molecule has 1 saturated heterocycles. The third kappa shape index (κ3) is 3.14. The van der Waals surface area contributed by atoms with Crippen LogP contribution in [0.25, 0.3) is 0 Å². The fraction of sp³-hybridized carbons (Fsp3) is 0.125. The molecule has 5 nitrogen and oxygen atoms in total. The number of imide groups is 1. The second kappa shape index (κ2) is 6.29. The van der Waals surface area contributed by atoms with Gasteiger partial charge in [0.15, 0.2) is 5.37 Å². The molecule has 1 atom stereocenters. The van der Waals surface area contributed by atoms with Gasteiger partial charge in [0.05, 0.1) is 12.8 Å². The van der Waals surface area contributed by atoms with Crippen LogP contribution < -0.4 is 15.0 Å². The van der Waals surface area contributed by atoms with Crippen molar-refractivity contribution < 1.29 is 18.7 Å². The Balaban J connectivity index is 1.76. The minimum absolute atomic E-state index is 0.355. The van der Waals surface area contributed by atoms with Gasteiger partial charge in [0, 0.05) is 5.69 Å². The number of thioether (sulfide) groups is 1. The first-order chi connectivity index (χ1) is 11.1. The van der Waals surface area contributed by atoms with Crippen molar-refractivity contribution in [1.82, 2.24) is 0 Å². The molecule has 23 heavy (non-hydrogen) atoms. The molecule has 0 radical (unpaired) electrons. The standard InChI is InChI=1S/C16H13FN2O3S/c1-22-13-8-4-11(5-9-13)18-14-15(20)19(16(21)23-14)12-6-2-10(17)3-7-12/h2-9,14,18H,1H3/t14-/m0/s1. The molecule has 2 aromatic carbocycles. The molecule has 0 saturated carbocycles. The minimum Gasteiger partial charge on any atom is -0.497 e. The van der Waals surface area contributed by atoms with Gasteiger partial charge in [0.25, 0.3) is 11.1 Å². The first-order valence-corrected chi connectivity index (χ1v) is 7.67. The Hall–Kier alpha value is -2.54. The molecular formula is C16H13FN2O3S. The number of carbonyl (C=O) groups excluding carboxylic acids is 2. The fourth-order valence-electron chi connectivity index (χ4n) is 2.16. The van der Waals surface area contributed by atoms with E-state index in [0.29, 0.717) is 17.1 Å². The lowest BCUT2D eigenvalue weighted by atomic mass is 10.2. The summed E-state index contributed by atoms with van der Waals surface area (Å²) in [6, 6.07) is 12.3. The lowest BCUT2D eigenvalue weighted by Gasteiger charge is -2.15. The van der Waals surface area contributed by atoms with E-state index in [1.54, 1.807) is 31.4 Å². The van der Waals surface area contributed by atoms with Crippen LogP contribution in [0.4, 0.5) is 20.6 Å². The number of benzene rings is 2. The summed E-state index contributed by atoms with van der Waals surface area (Å²) < 4.78 is 18.0. The second-order valence-electron chi connectivity index (χ2n) is 4.79. The average molecular weight is 332 g/mol. The van der Waals surface area contributed by atoms with Crippen LogP contribution in [-0.2, 0) is 4.79 Å². The van der Waals surface area contributed by atoms with Crippen LogP contribution in [0.15, 0.2) is 48.5 Å². The molecule has 0 bridgehead atoms. The van der Waals surface area contributed by atoms with E-state index >= 15 is 0 Å². The molecule has 118 valence electrons. The normalized spacial score (nSPS) is 17.5. The second-order valence-corrected chi connectivity index (χ2v) is 5.84. The van der Waals surface area contributed by atoms with Gasteiger partial charge in [-0.1, -0.05) is 0 Å². The van der Waals surface area contributed by atoms with Crippen LogP contribution in [0.2, 0.25) is 0 Å². The van der Waals surface area contributed by atoms with Crippen LogP contribution in [0.1, 0.15) is 0 Å². The molecule has 1 N–H and O–H groups in total. The van der Waals surface area contributed by atoms with Crippen molar-refractivity contribution in [2.75, 3.05) is 17.3 Å². The van der Waals surface area contributed by atoms with E-state index in [-0.39, 0.29) is 5.91 Å². The number of amides is 2. The van der Waals surface area contributed by atoms with Gasteiger partial charge in [0.2, 0.25) is 0 Å². The van der Waals surface area contributed by atoms with Gasteiger partial charge >= 0.3 is 0 Å². The summed E-state index contributed by atoms with van der Waals surface area (Å²) in [5, 5.41) is 1.89. The van der Waals surface area contributed by atoms with Crippen molar-refractivity contribution in [1.29, 1.82) is 0 Å². The van der Waals surface area contributed by atoms with E-state index in [1.807, 2.05) is 0 Å². The monoisotopic (exact) mass is 332 g/mol. The van der Waals surface area contributed by atoms with Gasteiger partial charge in [-0.25, -0.2) is 9.29 Å². The van der Waals surface area contributed by atoms with E-state index in [9.17, 15) is 14.0 Å². The third-order valence-corrected chi connectivity index (χ3v) is 4.26. The molecule has 0 aliphatic carbocycles.